The van der Waals surface area contributed by atoms with Crippen LogP contribution < -0.4 is 5.32 Å². The molecule has 3 atom stereocenters. The Morgan fingerprint density at radius 2 is 0.782 bits per heavy atom. The molecule has 1 amide bonds. The van der Waals surface area contributed by atoms with Gasteiger partial charge in [-0.05, 0) is 102 Å². The van der Waals surface area contributed by atoms with Crippen molar-refractivity contribution < 1.29 is 37.3 Å². The van der Waals surface area contributed by atoms with Crippen LogP contribution in [0.25, 0.3) is 0 Å². The van der Waals surface area contributed by atoms with Crippen LogP contribution in [0.15, 0.2) is 72.9 Å². The summed E-state index contributed by atoms with van der Waals surface area (Å²) in [5, 5.41) is 3.06. The number of phosphoric ester groups is 1. The standard InChI is InChI=1S/C68H125N2O7P/c1-7-10-13-16-19-22-25-28-30-32-33-34-35-36-37-38-40-43-46-49-52-55-58-61-68(72)77-66(59-56-53-50-47-44-41-27-24-21-18-15-12-9-3)65(64-76-78(73,74)75-63-62-70(4,5)6)69-67(71)60-57-54-51-48-45-42-39-31-29-26-23-20-17-14-11-8-2/h19,22,28,30-31,33-34,36-37,39,56,59,65-66H,7-18,20-21,23-27,29,32,35,38,40-55,57-58,60-64H2,1-6H3,(H-,69,71,73,74)/p+1/b22-19-,30-28-,34-33-,37-36-,39-31+,59-56-. The van der Waals surface area contributed by atoms with Gasteiger partial charge in [0.25, 0.3) is 0 Å². The molecule has 0 aliphatic rings. The molecule has 3 unspecified atom stereocenters. The Balaban J connectivity index is 5.25. The fraction of sp³-hybridized carbons (Fsp3) is 0.794. The normalized spacial score (nSPS) is 14.1. The lowest BCUT2D eigenvalue weighted by Gasteiger charge is -2.27. The summed E-state index contributed by atoms with van der Waals surface area (Å²) in [6.45, 7) is 6.99. The van der Waals surface area contributed by atoms with Gasteiger partial charge in [0.2, 0.25) is 5.91 Å². The quantitative estimate of drug-likeness (QED) is 0.0205. The van der Waals surface area contributed by atoms with Gasteiger partial charge in [-0.3, -0.25) is 18.6 Å². The molecule has 0 aromatic carbocycles. The van der Waals surface area contributed by atoms with E-state index in [9.17, 15) is 19.0 Å². The number of phosphoric acid groups is 1. The van der Waals surface area contributed by atoms with Crippen LogP contribution >= 0.6 is 7.82 Å². The van der Waals surface area contributed by atoms with E-state index in [4.69, 9.17) is 13.8 Å². The first-order chi connectivity index (χ1) is 37.9. The van der Waals surface area contributed by atoms with Crippen LogP contribution in [-0.2, 0) is 27.9 Å². The molecular weight excluding hydrogens is 988 g/mol. The van der Waals surface area contributed by atoms with Crippen molar-refractivity contribution in [1.82, 2.24) is 5.32 Å². The van der Waals surface area contributed by atoms with Crippen LogP contribution in [0.4, 0.5) is 0 Å². The number of allylic oxidation sites excluding steroid dienone is 11. The molecule has 454 valence electrons. The minimum Gasteiger partial charge on any atom is -0.456 e. The first-order valence-corrected chi connectivity index (χ1v) is 34.3. The monoisotopic (exact) mass is 1110 g/mol. The molecule has 0 saturated heterocycles. The minimum atomic E-state index is -4.46. The second kappa shape index (κ2) is 57.7. The molecule has 2 N–H and O–H groups in total. The summed E-state index contributed by atoms with van der Waals surface area (Å²) in [5.74, 6) is -0.522. The Bertz CT molecular complexity index is 1570. The Labute approximate surface area is 483 Å². The number of carbonyl (C=O) groups excluding carboxylic acids is 2. The van der Waals surface area contributed by atoms with Gasteiger partial charge in [0.1, 0.15) is 19.3 Å². The van der Waals surface area contributed by atoms with Gasteiger partial charge < -0.3 is 19.4 Å². The molecule has 10 heteroatoms. The van der Waals surface area contributed by atoms with E-state index in [1.54, 1.807) is 0 Å². The SMILES string of the molecule is CCCCC/C=C\C/C=C\C/C=C\C/C=C\CCCCCCCCCC(=O)OC(/C=C\CCCCCCCCCCCCC)C(COP(=O)(O)OCC[N+](C)(C)C)NC(=O)CCCCCCC/C=C/CCCCCCCCC. The van der Waals surface area contributed by atoms with Gasteiger partial charge in [0.05, 0.1) is 33.8 Å². The van der Waals surface area contributed by atoms with Gasteiger partial charge in [-0.1, -0.05) is 255 Å². The zero-order chi connectivity index (χ0) is 57.2. The van der Waals surface area contributed by atoms with Crippen molar-refractivity contribution in [2.45, 2.75) is 309 Å². The Kier molecular flexibility index (Phi) is 55.8. The molecule has 0 aromatic heterocycles. The summed E-state index contributed by atoms with van der Waals surface area (Å²) in [6.07, 6.45) is 74.6. The third kappa shape index (κ3) is 58.1. The van der Waals surface area contributed by atoms with Crippen LogP contribution in [-0.4, -0.2) is 74.3 Å². The maximum Gasteiger partial charge on any atom is 0.472 e. The molecule has 9 nitrogen and oxygen atoms in total. The van der Waals surface area contributed by atoms with E-state index in [0.29, 0.717) is 17.4 Å². The van der Waals surface area contributed by atoms with Crippen LogP contribution in [0.2, 0.25) is 0 Å². The van der Waals surface area contributed by atoms with Crippen LogP contribution in [0.1, 0.15) is 297 Å². The van der Waals surface area contributed by atoms with E-state index in [-0.39, 0.29) is 31.5 Å². The van der Waals surface area contributed by atoms with Crippen molar-refractivity contribution in [3.05, 3.63) is 72.9 Å². The Morgan fingerprint density at radius 3 is 1.21 bits per heavy atom. The summed E-state index contributed by atoms with van der Waals surface area (Å²) < 4.78 is 30.7. The summed E-state index contributed by atoms with van der Waals surface area (Å²) in [7, 11) is 1.48. The van der Waals surface area contributed by atoms with E-state index in [1.807, 2.05) is 33.3 Å². The highest BCUT2D eigenvalue weighted by molar-refractivity contribution is 7.47. The first kappa shape index (κ1) is 75.5. The highest BCUT2D eigenvalue weighted by atomic mass is 31.2. The van der Waals surface area contributed by atoms with E-state index in [2.05, 4.69) is 86.8 Å². The van der Waals surface area contributed by atoms with Crippen molar-refractivity contribution >= 4 is 19.7 Å². The van der Waals surface area contributed by atoms with Crippen molar-refractivity contribution in [1.29, 1.82) is 0 Å². The number of quaternary nitrogens is 1. The molecule has 0 saturated carbocycles. The number of unbranched alkanes of at least 4 members (excludes halogenated alkanes) is 33. The molecule has 0 fully saturated rings. The zero-order valence-corrected chi connectivity index (χ0v) is 52.8. The van der Waals surface area contributed by atoms with Gasteiger partial charge in [-0.25, -0.2) is 4.57 Å². The molecule has 0 rings (SSSR count). The van der Waals surface area contributed by atoms with Crippen LogP contribution in [0.5, 0.6) is 0 Å². The van der Waals surface area contributed by atoms with Gasteiger partial charge in [0.15, 0.2) is 0 Å². The van der Waals surface area contributed by atoms with Gasteiger partial charge in [0, 0.05) is 12.8 Å². The molecule has 0 aliphatic carbocycles. The third-order valence-electron chi connectivity index (χ3n) is 14.4. The van der Waals surface area contributed by atoms with Crippen molar-refractivity contribution in [3.8, 4) is 0 Å². The molecule has 0 spiro atoms. The van der Waals surface area contributed by atoms with Gasteiger partial charge in [-0.2, -0.15) is 0 Å². The predicted molar refractivity (Wildman–Crippen MR) is 337 cm³/mol. The van der Waals surface area contributed by atoms with Crippen molar-refractivity contribution in [3.63, 3.8) is 0 Å². The minimum absolute atomic E-state index is 0.0350. The van der Waals surface area contributed by atoms with E-state index in [1.165, 1.54) is 154 Å². The third-order valence-corrected chi connectivity index (χ3v) is 15.4. The number of ether oxygens (including phenoxy) is 1. The number of esters is 1. The van der Waals surface area contributed by atoms with Crippen molar-refractivity contribution in [2.24, 2.45) is 0 Å². The average Bonchev–Trinajstić information content (AvgIpc) is 3.40. The highest BCUT2D eigenvalue weighted by Crippen LogP contribution is 2.43. The lowest BCUT2D eigenvalue weighted by molar-refractivity contribution is -0.870. The number of likely N-dealkylation sites (N-methyl/N-ethyl adjacent to an activating group) is 1. The number of hydrogen-bond acceptors (Lipinski definition) is 6. The van der Waals surface area contributed by atoms with Crippen LogP contribution in [0, 0.1) is 0 Å². The van der Waals surface area contributed by atoms with Crippen LogP contribution in [0.3, 0.4) is 0 Å². The van der Waals surface area contributed by atoms with E-state index >= 15 is 0 Å². The predicted octanol–water partition coefficient (Wildman–Crippen LogP) is 20.4. The maximum atomic E-state index is 13.6. The zero-order valence-electron chi connectivity index (χ0n) is 51.9. The van der Waals surface area contributed by atoms with E-state index in [0.717, 1.165) is 109 Å². The fourth-order valence-electron chi connectivity index (χ4n) is 9.27. The number of nitrogens with one attached hydrogen (secondary N) is 1. The number of carbonyl (C=O) groups is 2. The largest absolute Gasteiger partial charge is 0.472 e. The average molecular weight is 1110 g/mol. The number of amides is 1. The Hall–Kier alpha value is -2.55. The molecule has 0 bridgehead atoms. The lowest BCUT2D eigenvalue weighted by atomic mass is 10.0. The molecule has 0 radical (unpaired) electrons. The number of nitrogens with zero attached hydrogens (tertiary/aromatic N) is 1. The first-order valence-electron chi connectivity index (χ1n) is 32.8. The van der Waals surface area contributed by atoms with Crippen molar-refractivity contribution in [2.75, 3.05) is 40.9 Å². The number of hydrogen-bond donors (Lipinski definition) is 2. The van der Waals surface area contributed by atoms with Gasteiger partial charge >= 0.3 is 13.8 Å². The van der Waals surface area contributed by atoms with Gasteiger partial charge in [-0.15, -0.1) is 0 Å². The molecule has 0 heterocycles. The molecular formula is C68H126N2O7P+. The Morgan fingerprint density at radius 1 is 0.449 bits per heavy atom. The van der Waals surface area contributed by atoms with E-state index < -0.39 is 20.0 Å². The second-order valence-corrected chi connectivity index (χ2v) is 24.7. The molecule has 78 heavy (non-hydrogen) atoms. The lowest BCUT2D eigenvalue weighted by Crippen LogP contribution is -2.47. The molecule has 0 aromatic rings. The summed E-state index contributed by atoms with van der Waals surface area (Å²) >= 11 is 0. The summed E-state index contributed by atoms with van der Waals surface area (Å²) in [6, 6.07) is -0.860. The second-order valence-electron chi connectivity index (χ2n) is 23.3. The maximum absolute atomic E-state index is 13.6. The molecule has 0 aliphatic heterocycles. The summed E-state index contributed by atoms with van der Waals surface area (Å²) in [5.41, 5.74) is 0. The number of rotatable bonds is 59. The fourth-order valence-corrected chi connectivity index (χ4v) is 10.0. The smallest absolute Gasteiger partial charge is 0.456 e. The summed E-state index contributed by atoms with van der Waals surface area (Å²) in [4.78, 5) is 37.8. The highest BCUT2D eigenvalue weighted by Gasteiger charge is 2.30. The topological polar surface area (TPSA) is 111 Å².